The summed E-state index contributed by atoms with van der Waals surface area (Å²) >= 11 is 6.22. The summed E-state index contributed by atoms with van der Waals surface area (Å²) in [5, 5.41) is 9.18. The number of ether oxygens (including phenoxy) is 1. The molecule has 0 saturated carbocycles. The van der Waals surface area contributed by atoms with Crippen molar-refractivity contribution in [3.8, 4) is 6.07 Å². The molecular weight excluding hydrogens is 457 g/mol. The molecule has 0 amide bonds. The van der Waals surface area contributed by atoms with Crippen LogP contribution in [0.1, 0.15) is 29.3 Å². The second-order valence-corrected chi connectivity index (χ2v) is 7.60. The van der Waals surface area contributed by atoms with Crippen molar-refractivity contribution < 1.29 is 26.7 Å². The average Bonchev–Trinajstić information content (AvgIpc) is 3.12. The zero-order chi connectivity index (χ0) is 23.2. The predicted octanol–water partition coefficient (Wildman–Crippen LogP) is 5.65. The average molecular weight is 472 g/mol. The van der Waals surface area contributed by atoms with Crippen LogP contribution in [0.3, 0.4) is 0 Å². The van der Waals surface area contributed by atoms with Crippen LogP contribution in [0, 0.1) is 18.3 Å². The molecule has 1 unspecified atom stereocenters. The topological polar surface area (TPSA) is 67.0 Å². The molecule has 2 aromatic heterocycles. The number of halogens is 6. The van der Waals surface area contributed by atoms with Crippen LogP contribution >= 0.6 is 11.6 Å². The molecular formula is C20H15ClF5N5O. The Kier molecular flexibility index (Phi) is 5.68. The van der Waals surface area contributed by atoms with Gasteiger partial charge in [-0.1, -0.05) is 17.7 Å². The van der Waals surface area contributed by atoms with Crippen molar-refractivity contribution in [3.63, 3.8) is 0 Å². The molecule has 0 saturated heterocycles. The maximum absolute atomic E-state index is 13.6. The molecule has 6 nitrogen and oxygen atoms in total. The molecule has 0 radical (unpaired) electrons. The number of aryl methyl sites for hydroxylation is 2. The molecule has 1 atom stereocenters. The third-order valence-corrected chi connectivity index (χ3v) is 5.47. The predicted molar refractivity (Wildman–Crippen MR) is 106 cm³/mol. The largest absolute Gasteiger partial charge is 0.419 e. The number of rotatable bonds is 4. The Morgan fingerprint density at radius 1 is 1.25 bits per heavy atom. The van der Waals surface area contributed by atoms with E-state index in [1.54, 1.807) is 17.9 Å². The summed E-state index contributed by atoms with van der Waals surface area (Å²) in [6, 6.07) is 5.92. The smallest absolute Gasteiger partial charge is 0.310 e. The molecule has 4 rings (SSSR count). The molecule has 0 aliphatic carbocycles. The van der Waals surface area contributed by atoms with Crippen molar-refractivity contribution in [1.82, 2.24) is 14.5 Å². The van der Waals surface area contributed by atoms with Crippen molar-refractivity contribution in [3.05, 3.63) is 46.2 Å². The van der Waals surface area contributed by atoms with E-state index >= 15 is 0 Å². The minimum Gasteiger partial charge on any atom is -0.310 e. The first-order valence-corrected chi connectivity index (χ1v) is 9.83. The monoisotopic (exact) mass is 471 g/mol. The fourth-order valence-corrected chi connectivity index (χ4v) is 4.03. The van der Waals surface area contributed by atoms with Gasteiger partial charge in [0, 0.05) is 18.7 Å². The van der Waals surface area contributed by atoms with Crippen LogP contribution in [0.25, 0.3) is 11.0 Å². The Balaban J connectivity index is 1.91. The first kappa shape index (κ1) is 22.2. The first-order valence-electron chi connectivity index (χ1n) is 9.45. The number of hydrogen-bond acceptors (Lipinski definition) is 5. The van der Waals surface area contributed by atoms with E-state index in [1.165, 1.54) is 16.8 Å². The van der Waals surface area contributed by atoms with Gasteiger partial charge in [0.1, 0.15) is 17.3 Å². The third kappa shape index (κ3) is 3.84. The van der Waals surface area contributed by atoms with Gasteiger partial charge in [-0.25, -0.2) is 9.97 Å². The lowest BCUT2D eigenvalue weighted by Crippen LogP contribution is -2.29. The molecule has 168 valence electrons. The highest BCUT2D eigenvalue weighted by Gasteiger charge is 2.45. The van der Waals surface area contributed by atoms with Crippen LogP contribution in [0.15, 0.2) is 24.4 Å². The maximum Gasteiger partial charge on any atom is 0.419 e. The summed E-state index contributed by atoms with van der Waals surface area (Å²) in [5.74, 6) is 0.296. The van der Waals surface area contributed by atoms with Crippen molar-refractivity contribution in [1.29, 1.82) is 5.26 Å². The van der Waals surface area contributed by atoms with E-state index < -0.39 is 24.5 Å². The van der Waals surface area contributed by atoms with E-state index in [1.807, 2.05) is 6.07 Å². The van der Waals surface area contributed by atoms with Crippen molar-refractivity contribution >= 4 is 34.3 Å². The molecule has 1 aliphatic rings. The van der Waals surface area contributed by atoms with Gasteiger partial charge >= 0.3 is 12.8 Å². The number of alkyl halides is 5. The summed E-state index contributed by atoms with van der Waals surface area (Å²) < 4.78 is 72.0. The Morgan fingerprint density at radius 3 is 2.62 bits per heavy atom. The van der Waals surface area contributed by atoms with Crippen molar-refractivity contribution in [2.45, 2.75) is 38.8 Å². The lowest BCUT2D eigenvalue weighted by Gasteiger charge is -2.30. The van der Waals surface area contributed by atoms with Crippen LogP contribution < -0.4 is 4.90 Å². The van der Waals surface area contributed by atoms with Gasteiger partial charge in [0.15, 0.2) is 6.10 Å². The molecule has 1 aromatic carbocycles. The summed E-state index contributed by atoms with van der Waals surface area (Å²) in [7, 11) is 0. The van der Waals surface area contributed by atoms with Crippen molar-refractivity contribution in [2.24, 2.45) is 0 Å². The Labute approximate surface area is 183 Å². The highest BCUT2D eigenvalue weighted by Crippen LogP contribution is 2.43. The normalized spacial score (nSPS) is 15.2. The number of nitrogens with zero attached hydrogens (tertiary/aromatic N) is 5. The van der Waals surface area contributed by atoms with Gasteiger partial charge in [0.25, 0.3) is 0 Å². The van der Waals surface area contributed by atoms with Crippen LogP contribution in [-0.4, -0.2) is 33.9 Å². The highest BCUT2D eigenvalue weighted by atomic mass is 35.5. The lowest BCUT2D eigenvalue weighted by atomic mass is 10.1. The van der Waals surface area contributed by atoms with Gasteiger partial charge < -0.3 is 14.2 Å². The quantitative estimate of drug-likeness (QED) is 0.460. The maximum atomic E-state index is 13.6. The number of imidazole rings is 1. The Morgan fingerprint density at radius 2 is 2.00 bits per heavy atom. The van der Waals surface area contributed by atoms with Gasteiger partial charge in [-0.05, 0) is 31.0 Å². The minimum absolute atomic E-state index is 0.0153. The molecule has 0 fully saturated rings. The number of pyridine rings is 1. The van der Waals surface area contributed by atoms with Crippen LogP contribution in [0.5, 0.6) is 0 Å². The van der Waals surface area contributed by atoms with Crippen molar-refractivity contribution in [2.75, 3.05) is 11.4 Å². The van der Waals surface area contributed by atoms with Gasteiger partial charge in [-0.15, -0.1) is 0 Å². The number of fused-ring (bicyclic) bond motifs is 3. The molecule has 1 aliphatic heterocycles. The second-order valence-electron chi connectivity index (χ2n) is 7.19. The van der Waals surface area contributed by atoms with Crippen LogP contribution in [0.4, 0.5) is 33.6 Å². The second kappa shape index (κ2) is 8.18. The molecule has 3 aromatic rings. The molecule has 32 heavy (non-hydrogen) atoms. The molecule has 0 N–H and O–H groups in total. The zero-order valence-electron chi connectivity index (χ0n) is 16.5. The third-order valence-electron chi connectivity index (χ3n) is 5.16. The molecule has 12 heteroatoms. The van der Waals surface area contributed by atoms with Gasteiger partial charge in [-0.2, -0.15) is 27.2 Å². The Hall–Kier alpha value is -2.97. The molecule has 0 spiro atoms. The zero-order valence-corrected chi connectivity index (χ0v) is 17.3. The van der Waals surface area contributed by atoms with E-state index in [2.05, 4.69) is 14.7 Å². The number of anilines is 2. The highest BCUT2D eigenvalue weighted by molar-refractivity contribution is 6.35. The minimum atomic E-state index is -5.08. The summed E-state index contributed by atoms with van der Waals surface area (Å²) in [6.07, 6.45) is -5.92. The fraction of sp³-hybridized carbons (Fsp3) is 0.350. The van der Waals surface area contributed by atoms with E-state index in [0.29, 0.717) is 36.7 Å². The number of benzene rings is 1. The van der Waals surface area contributed by atoms with E-state index in [9.17, 15) is 22.0 Å². The standard InChI is InChI=1S/C20H15ClF5N5O/c1-10-7-11(9-28-14(10)8-27)30-5-2-6-31-16-12(17(20(24,25)26)32-18(22)23)3-4-13(21)15(16)29-19(30)31/h3-4,7,9,17-18H,2,5-6H2,1H3. The number of nitriles is 1. The van der Waals surface area contributed by atoms with E-state index in [-0.39, 0.29) is 21.7 Å². The fourth-order valence-electron chi connectivity index (χ4n) is 3.84. The van der Waals surface area contributed by atoms with Gasteiger partial charge in [0.05, 0.1) is 22.4 Å². The van der Waals surface area contributed by atoms with Gasteiger partial charge in [0.2, 0.25) is 5.95 Å². The number of aromatic nitrogens is 3. The summed E-state index contributed by atoms with van der Waals surface area (Å²) in [5.41, 5.74) is 1.01. The van der Waals surface area contributed by atoms with Crippen LogP contribution in [0.2, 0.25) is 5.02 Å². The summed E-state index contributed by atoms with van der Waals surface area (Å²) in [6.45, 7) is -1.12. The molecule has 3 heterocycles. The molecule has 0 bridgehead atoms. The number of hydrogen-bond donors (Lipinski definition) is 0. The summed E-state index contributed by atoms with van der Waals surface area (Å²) in [4.78, 5) is 10.3. The first-order chi connectivity index (χ1) is 15.1. The van der Waals surface area contributed by atoms with Gasteiger partial charge in [-0.3, -0.25) is 0 Å². The van der Waals surface area contributed by atoms with E-state index in [4.69, 9.17) is 16.9 Å². The Bertz CT molecular complexity index is 1220. The van der Waals surface area contributed by atoms with E-state index in [0.717, 1.165) is 6.07 Å². The lowest BCUT2D eigenvalue weighted by molar-refractivity contribution is -0.276. The van der Waals surface area contributed by atoms with Crippen LogP contribution in [-0.2, 0) is 11.3 Å². The SMILES string of the molecule is Cc1cc(N2CCCn3c2nc2c(Cl)ccc(C(OC(F)F)C(F)(F)F)c23)cnc1C#N.